The predicted octanol–water partition coefficient (Wildman–Crippen LogP) is 1.43. The first-order valence-corrected chi connectivity index (χ1v) is 8.75. The molecule has 1 aliphatic rings. The van der Waals surface area contributed by atoms with Crippen LogP contribution in [0.2, 0.25) is 0 Å². The topological polar surface area (TPSA) is 91.2 Å². The predicted molar refractivity (Wildman–Crippen MR) is 92.3 cm³/mol. The van der Waals surface area contributed by atoms with Crippen molar-refractivity contribution in [2.45, 2.75) is 31.8 Å². The maximum Gasteiger partial charge on any atom is 0.265 e. The van der Waals surface area contributed by atoms with Crippen LogP contribution in [-0.4, -0.2) is 50.8 Å². The Bertz CT molecular complexity index is 706. The Kier molecular flexibility index (Phi) is 4.77. The summed E-state index contributed by atoms with van der Waals surface area (Å²) < 4.78 is 3.87. The highest BCUT2D eigenvalue weighted by atomic mass is 32.1. The Hall–Kier alpha value is -2.06. The van der Waals surface area contributed by atoms with E-state index in [0.717, 1.165) is 17.4 Å². The molecule has 0 bridgehead atoms. The molecule has 1 amide bonds. The second-order valence-electron chi connectivity index (χ2n) is 6.41. The van der Waals surface area contributed by atoms with Gasteiger partial charge in [0.05, 0.1) is 5.69 Å². The fourth-order valence-electron chi connectivity index (χ4n) is 2.80. The molecule has 0 spiro atoms. The number of nitrogens with one attached hydrogen (secondary N) is 1. The second-order valence-corrected chi connectivity index (χ2v) is 7.16. The zero-order chi connectivity index (χ0) is 17.2. The fraction of sp³-hybridized carbons (Fsp3) is 0.500. The Labute approximate surface area is 144 Å². The SMILES string of the molecule is CC(C)c1nnsc1C(=O)NC[C@]1(O)CCN(c2ccccn2)C1. The van der Waals surface area contributed by atoms with Gasteiger partial charge in [0.2, 0.25) is 0 Å². The summed E-state index contributed by atoms with van der Waals surface area (Å²) in [5.74, 6) is 0.755. The van der Waals surface area contributed by atoms with Gasteiger partial charge in [0.1, 0.15) is 16.3 Å². The van der Waals surface area contributed by atoms with Crippen LogP contribution in [0, 0.1) is 0 Å². The van der Waals surface area contributed by atoms with E-state index in [1.165, 1.54) is 0 Å². The largest absolute Gasteiger partial charge is 0.386 e. The van der Waals surface area contributed by atoms with Crippen molar-refractivity contribution in [3.05, 3.63) is 35.0 Å². The van der Waals surface area contributed by atoms with E-state index in [2.05, 4.69) is 19.9 Å². The van der Waals surface area contributed by atoms with Crippen LogP contribution in [0.5, 0.6) is 0 Å². The molecule has 2 aromatic rings. The number of anilines is 1. The van der Waals surface area contributed by atoms with Crippen molar-refractivity contribution in [1.29, 1.82) is 0 Å². The molecular formula is C16H21N5O2S. The standard InChI is InChI=1S/C16H21N5O2S/c1-11(2)13-14(24-20-19-13)15(22)18-9-16(23)6-8-21(10-16)12-5-3-4-7-17-12/h3-5,7,11,23H,6,8-10H2,1-2H3,(H,18,22)/t16-/m1/s1. The van der Waals surface area contributed by atoms with Gasteiger partial charge >= 0.3 is 0 Å². The van der Waals surface area contributed by atoms with Gasteiger partial charge in [-0.25, -0.2) is 4.98 Å². The first kappa shape index (κ1) is 16.8. The molecule has 3 heterocycles. The third kappa shape index (κ3) is 3.54. The minimum absolute atomic E-state index is 0.138. The molecule has 0 saturated carbocycles. The molecule has 0 aliphatic carbocycles. The highest BCUT2D eigenvalue weighted by Crippen LogP contribution is 2.25. The van der Waals surface area contributed by atoms with Crippen molar-refractivity contribution in [2.75, 3.05) is 24.5 Å². The van der Waals surface area contributed by atoms with E-state index >= 15 is 0 Å². The van der Waals surface area contributed by atoms with E-state index in [-0.39, 0.29) is 18.4 Å². The van der Waals surface area contributed by atoms with E-state index in [0.29, 0.717) is 30.1 Å². The molecule has 1 atom stereocenters. The zero-order valence-corrected chi connectivity index (χ0v) is 14.6. The van der Waals surface area contributed by atoms with Crippen LogP contribution in [0.4, 0.5) is 5.82 Å². The van der Waals surface area contributed by atoms with Gasteiger partial charge in [0.25, 0.3) is 5.91 Å². The van der Waals surface area contributed by atoms with E-state index in [4.69, 9.17) is 0 Å². The van der Waals surface area contributed by atoms with Gasteiger partial charge in [0, 0.05) is 25.8 Å². The van der Waals surface area contributed by atoms with Gasteiger partial charge in [-0.1, -0.05) is 24.4 Å². The first-order chi connectivity index (χ1) is 11.5. The van der Waals surface area contributed by atoms with E-state index < -0.39 is 5.60 Å². The van der Waals surface area contributed by atoms with Gasteiger partial charge in [-0.05, 0) is 36.0 Å². The second kappa shape index (κ2) is 6.82. The van der Waals surface area contributed by atoms with Gasteiger partial charge in [0.15, 0.2) is 0 Å². The summed E-state index contributed by atoms with van der Waals surface area (Å²) >= 11 is 1.09. The van der Waals surface area contributed by atoms with Crippen LogP contribution in [0.1, 0.15) is 41.6 Å². The molecule has 0 radical (unpaired) electrons. The Morgan fingerprint density at radius 1 is 1.50 bits per heavy atom. The van der Waals surface area contributed by atoms with Crippen molar-refractivity contribution in [3.8, 4) is 0 Å². The summed E-state index contributed by atoms with van der Waals surface area (Å²) in [4.78, 5) is 19.2. The number of carbonyl (C=O) groups excluding carboxylic acids is 1. The molecule has 2 aromatic heterocycles. The maximum absolute atomic E-state index is 12.4. The average Bonchev–Trinajstić information content (AvgIpc) is 3.21. The molecule has 128 valence electrons. The van der Waals surface area contributed by atoms with Crippen LogP contribution in [0.25, 0.3) is 0 Å². The van der Waals surface area contributed by atoms with Crippen LogP contribution < -0.4 is 10.2 Å². The smallest absolute Gasteiger partial charge is 0.265 e. The van der Waals surface area contributed by atoms with E-state index in [1.807, 2.05) is 36.9 Å². The molecule has 1 aliphatic heterocycles. The molecular weight excluding hydrogens is 326 g/mol. The molecule has 7 nitrogen and oxygen atoms in total. The number of aromatic nitrogens is 3. The molecule has 1 fully saturated rings. The average molecular weight is 347 g/mol. The number of aliphatic hydroxyl groups is 1. The number of amides is 1. The first-order valence-electron chi connectivity index (χ1n) is 7.97. The summed E-state index contributed by atoms with van der Waals surface area (Å²) in [5.41, 5.74) is -0.255. The number of hydrogen-bond donors (Lipinski definition) is 2. The molecule has 24 heavy (non-hydrogen) atoms. The zero-order valence-electron chi connectivity index (χ0n) is 13.8. The lowest BCUT2D eigenvalue weighted by molar-refractivity contribution is 0.0576. The summed E-state index contributed by atoms with van der Waals surface area (Å²) in [7, 11) is 0. The number of β-amino-alcohol motifs (C(OH)–C–C–N with tert-alkyl or cyclic N) is 1. The lowest BCUT2D eigenvalue weighted by atomic mass is 10.0. The summed E-state index contributed by atoms with van der Waals surface area (Å²) in [6.45, 7) is 5.31. The van der Waals surface area contributed by atoms with Crippen molar-refractivity contribution >= 4 is 23.3 Å². The van der Waals surface area contributed by atoms with Crippen LogP contribution in [-0.2, 0) is 0 Å². The fourth-order valence-corrected chi connectivity index (χ4v) is 3.53. The van der Waals surface area contributed by atoms with Gasteiger partial charge in [-0.15, -0.1) is 5.10 Å². The number of hydrogen-bond acceptors (Lipinski definition) is 7. The molecule has 8 heteroatoms. The third-order valence-corrected chi connectivity index (χ3v) is 4.89. The number of nitrogens with zero attached hydrogens (tertiary/aromatic N) is 4. The van der Waals surface area contributed by atoms with Gasteiger partial charge in [-0.2, -0.15) is 0 Å². The summed E-state index contributed by atoms with van der Waals surface area (Å²) in [6.07, 6.45) is 2.32. The monoisotopic (exact) mass is 347 g/mol. The van der Waals surface area contributed by atoms with Gasteiger partial charge in [-0.3, -0.25) is 4.79 Å². The van der Waals surface area contributed by atoms with E-state index in [1.54, 1.807) is 6.20 Å². The highest BCUT2D eigenvalue weighted by Gasteiger charge is 2.37. The van der Waals surface area contributed by atoms with Gasteiger partial charge < -0.3 is 15.3 Å². The lowest BCUT2D eigenvalue weighted by Gasteiger charge is -2.24. The van der Waals surface area contributed by atoms with Crippen molar-refractivity contribution in [2.24, 2.45) is 0 Å². The Morgan fingerprint density at radius 2 is 2.33 bits per heavy atom. The minimum Gasteiger partial charge on any atom is -0.386 e. The van der Waals surface area contributed by atoms with Crippen LogP contribution in [0.3, 0.4) is 0 Å². The summed E-state index contributed by atoms with van der Waals surface area (Å²) in [5, 5.41) is 17.6. The van der Waals surface area contributed by atoms with Crippen LogP contribution in [0.15, 0.2) is 24.4 Å². The van der Waals surface area contributed by atoms with Crippen molar-refractivity contribution in [1.82, 2.24) is 19.9 Å². The molecule has 2 N–H and O–H groups in total. The molecule has 1 saturated heterocycles. The quantitative estimate of drug-likeness (QED) is 0.850. The normalized spacial score (nSPS) is 20.6. The maximum atomic E-state index is 12.4. The summed E-state index contributed by atoms with van der Waals surface area (Å²) in [6, 6.07) is 5.70. The number of pyridine rings is 1. The minimum atomic E-state index is -0.955. The Balaban J connectivity index is 1.60. The van der Waals surface area contributed by atoms with Crippen molar-refractivity contribution < 1.29 is 9.90 Å². The third-order valence-electron chi connectivity index (χ3n) is 4.15. The highest BCUT2D eigenvalue weighted by molar-refractivity contribution is 7.08. The number of carbonyl (C=O) groups is 1. The number of rotatable bonds is 5. The Morgan fingerprint density at radius 3 is 3.04 bits per heavy atom. The lowest BCUT2D eigenvalue weighted by Crippen LogP contribution is -2.45. The molecule has 0 aromatic carbocycles. The van der Waals surface area contributed by atoms with Crippen LogP contribution >= 0.6 is 11.5 Å². The van der Waals surface area contributed by atoms with E-state index in [9.17, 15) is 9.90 Å². The van der Waals surface area contributed by atoms with Crippen molar-refractivity contribution in [3.63, 3.8) is 0 Å². The molecule has 3 rings (SSSR count). The molecule has 0 unspecified atom stereocenters.